The lowest BCUT2D eigenvalue weighted by atomic mass is 9.97. The van der Waals surface area contributed by atoms with Crippen LogP contribution in [0.1, 0.15) is 91.7 Å². The molecule has 1 fully saturated rings. The Balaban J connectivity index is 1.14. The van der Waals surface area contributed by atoms with Gasteiger partial charge >= 0.3 is 5.97 Å². The molecule has 1 heterocycles. The fraction of sp³-hybridized carbons (Fsp3) is 0.333. The molecule has 276 valence electrons. The van der Waals surface area contributed by atoms with Gasteiger partial charge in [0.25, 0.3) is 0 Å². The third-order valence-corrected chi connectivity index (χ3v) is 10.3. The van der Waals surface area contributed by atoms with Crippen LogP contribution in [0.2, 0.25) is 0 Å². The minimum Gasteiger partial charge on any atom is -0.481 e. The summed E-state index contributed by atoms with van der Waals surface area (Å²) >= 11 is 0. The van der Waals surface area contributed by atoms with Crippen LogP contribution >= 0.6 is 0 Å². The maximum absolute atomic E-state index is 12.5. The second kappa shape index (κ2) is 18.3. The second-order valence-corrected chi connectivity index (χ2v) is 14.1. The van der Waals surface area contributed by atoms with E-state index in [-0.39, 0.29) is 37.2 Å². The van der Waals surface area contributed by atoms with E-state index in [0.717, 1.165) is 46.3 Å². The molecule has 0 bridgehead atoms. The standard InChI is InChI=1S/C45H50N2O6/c1-31(37-25-20-33-10-6-7-11-38(33)26-37)47(2)29-40-27-42(35-18-16-32(30-48)17-19-35)53-45(52-40)36-23-21-34(22-24-36)41-13-9-8-12-39(41)28-46-43(49)14-4-3-5-15-44(50)51/h6-13,16-26,31,40,42,45,48H,3-5,14-15,27-30H2,1-2H3,(H,46,49)(H,50,51)/t31-,40-,42+,45+/m1/s1. The van der Waals surface area contributed by atoms with Gasteiger partial charge in [-0.3, -0.25) is 14.5 Å². The molecule has 0 radical (unpaired) electrons. The van der Waals surface area contributed by atoms with Crippen molar-refractivity contribution in [2.24, 2.45) is 0 Å². The van der Waals surface area contributed by atoms with Crippen molar-refractivity contribution in [3.8, 4) is 11.1 Å². The zero-order chi connectivity index (χ0) is 37.2. The molecule has 1 aliphatic rings. The molecule has 1 aliphatic heterocycles. The van der Waals surface area contributed by atoms with Gasteiger partial charge in [0.2, 0.25) is 5.91 Å². The summed E-state index contributed by atoms with van der Waals surface area (Å²) in [6.07, 6.45) is 2.34. The van der Waals surface area contributed by atoms with Crippen LogP contribution in [0.15, 0.2) is 115 Å². The first-order valence-electron chi connectivity index (χ1n) is 18.6. The van der Waals surface area contributed by atoms with Crippen molar-refractivity contribution in [2.75, 3.05) is 13.6 Å². The molecular weight excluding hydrogens is 665 g/mol. The van der Waals surface area contributed by atoms with Crippen molar-refractivity contribution in [3.05, 3.63) is 143 Å². The highest BCUT2D eigenvalue weighted by molar-refractivity contribution is 5.83. The number of carboxylic acids is 1. The summed E-state index contributed by atoms with van der Waals surface area (Å²) in [4.78, 5) is 25.6. The van der Waals surface area contributed by atoms with E-state index in [9.17, 15) is 14.7 Å². The van der Waals surface area contributed by atoms with Crippen molar-refractivity contribution in [3.63, 3.8) is 0 Å². The number of amides is 1. The number of unbranched alkanes of at least 4 members (excludes halogenated alkanes) is 2. The maximum Gasteiger partial charge on any atom is 0.303 e. The number of rotatable bonds is 16. The molecule has 0 aliphatic carbocycles. The van der Waals surface area contributed by atoms with Crippen LogP contribution in [0, 0.1) is 0 Å². The van der Waals surface area contributed by atoms with Gasteiger partial charge in [0, 0.05) is 44.0 Å². The zero-order valence-corrected chi connectivity index (χ0v) is 30.6. The number of benzene rings is 5. The van der Waals surface area contributed by atoms with Gasteiger partial charge in [-0.25, -0.2) is 0 Å². The van der Waals surface area contributed by atoms with E-state index in [4.69, 9.17) is 14.6 Å². The molecule has 5 aromatic carbocycles. The van der Waals surface area contributed by atoms with E-state index in [1.807, 2.05) is 42.5 Å². The number of hydrogen-bond donors (Lipinski definition) is 3. The predicted molar refractivity (Wildman–Crippen MR) is 208 cm³/mol. The molecule has 53 heavy (non-hydrogen) atoms. The van der Waals surface area contributed by atoms with Crippen LogP contribution in [-0.2, 0) is 32.2 Å². The Bertz CT molecular complexity index is 1960. The normalized spacial score (nSPS) is 17.8. The number of ether oxygens (including phenoxy) is 2. The average Bonchev–Trinajstić information content (AvgIpc) is 3.19. The van der Waals surface area contributed by atoms with E-state index in [1.54, 1.807) is 0 Å². The average molecular weight is 715 g/mol. The molecule has 4 atom stereocenters. The third kappa shape index (κ3) is 10.2. The summed E-state index contributed by atoms with van der Waals surface area (Å²) in [5, 5.41) is 23.9. The smallest absolute Gasteiger partial charge is 0.303 e. The van der Waals surface area contributed by atoms with Gasteiger partial charge in [-0.2, -0.15) is 0 Å². The Morgan fingerprint density at radius 1 is 0.811 bits per heavy atom. The number of fused-ring (bicyclic) bond motifs is 1. The molecule has 0 spiro atoms. The highest BCUT2D eigenvalue weighted by Gasteiger charge is 2.33. The fourth-order valence-corrected chi connectivity index (χ4v) is 7.03. The van der Waals surface area contributed by atoms with E-state index < -0.39 is 12.3 Å². The van der Waals surface area contributed by atoms with E-state index >= 15 is 0 Å². The van der Waals surface area contributed by atoms with E-state index in [0.29, 0.717) is 32.2 Å². The Kier molecular flexibility index (Phi) is 13.0. The van der Waals surface area contributed by atoms with Crippen molar-refractivity contribution < 1.29 is 29.3 Å². The van der Waals surface area contributed by atoms with Gasteiger partial charge in [-0.05, 0) is 77.0 Å². The second-order valence-electron chi connectivity index (χ2n) is 14.1. The molecule has 1 amide bonds. The summed E-state index contributed by atoms with van der Waals surface area (Å²) < 4.78 is 13.4. The minimum atomic E-state index is -0.803. The lowest BCUT2D eigenvalue weighted by Gasteiger charge is -2.39. The highest BCUT2D eigenvalue weighted by Crippen LogP contribution is 2.39. The Labute approximate surface area is 312 Å². The highest BCUT2D eigenvalue weighted by atomic mass is 16.7. The SMILES string of the molecule is C[C@H](c1ccc2ccccc2c1)N(C)C[C@H]1C[C@@H](c2ccc(CO)cc2)O[C@@H](c2ccc(-c3ccccc3CNC(=O)CCCCCC(=O)O)cc2)O1. The van der Waals surface area contributed by atoms with Crippen molar-refractivity contribution >= 4 is 22.6 Å². The lowest BCUT2D eigenvalue weighted by Crippen LogP contribution is -2.38. The Hall–Kier alpha value is -4.86. The third-order valence-electron chi connectivity index (χ3n) is 10.3. The van der Waals surface area contributed by atoms with Crippen molar-refractivity contribution in [1.29, 1.82) is 0 Å². The molecule has 0 unspecified atom stereocenters. The quantitative estimate of drug-likeness (QED) is 0.0877. The summed E-state index contributed by atoms with van der Waals surface area (Å²) in [5.41, 5.74) is 7.18. The molecule has 3 N–H and O–H groups in total. The number of likely N-dealkylation sites (N-methyl/N-ethyl adjacent to an activating group) is 1. The molecule has 1 saturated heterocycles. The van der Waals surface area contributed by atoms with E-state index in [2.05, 4.69) is 97.0 Å². The van der Waals surface area contributed by atoms with Crippen LogP contribution in [0.4, 0.5) is 0 Å². The molecule has 0 aromatic heterocycles. The molecule has 6 rings (SSSR count). The van der Waals surface area contributed by atoms with Crippen LogP contribution in [0.5, 0.6) is 0 Å². The maximum atomic E-state index is 12.5. The number of nitrogens with one attached hydrogen (secondary N) is 1. The van der Waals surface area contributed by atoms with Crippen molar-refractivity contribution in [2.45, 2.75) is 83.1 Å². The number of carboxylic acid groups (broad SMARTS) is 1. The van der Waals surface area contributed by atoms with Gasteiger partial charge in [0.05, 0.1) is 18.8 Å². The van der Waals surface area contributed by atoms with Gasteiger partial charge < -0.3 is 25.0 Å². The Morgan fingerprint density at radius 3 is 2.26 bits per heavy atom. The topological polar surface area (TPSA) is 108 Å². The fourth-order valence-electron chi connectivity index (χ4n) is 7.03. The molecular formula is C45H50N2O6. The lowest BCUT2D eigenvalue weighted by molar-refractivity contribution is -0.253. The number of aliphatic hydroxyl groups excluding tert-OH is 1. The van der Waals surface area contributed by atoms with Crippen LogP contribution in [0.3, 0.4) is 0 Å². The Morgan fingerprint density at radius 2 is 1.51 bits per heavy atom. The molecule has 0 saturated carbocycles. The first kappa shape index (κ1) is 37.9. The van der Waals surface area contributed by atoms with Crippen LogP contribution in [-0.4, -0.2) is 46.7 Å². The summed E-state index contributed by atoms with van der Waals surface area (Å²) in [6.45, 7) is 3.36. The number of aliphatic hydroxyl groups is 1. The van der Waals surface area contributed by atoms with Gasteiger partial charge in [0.15, 0.2) is 6.29 Å². The number of hydrogen-bond acceptors (Lipinski definition) is 6. The van der Waals surface area contributed by atoms with E-state index in [1.165, 1.54) is 16.3 Å². The summed E-state index contributed by atoms with van der Waals surface area (Å²) in [5.74, 6) is -0.841. The predicted octanol–water partition coefficient (Wildman–Crippen LogP) is 8.89. The number of nitrogens with zero attached hydrogens (tertiary/aromatic N) is 1. The minimum absolute atomic E-state index is 0.00432. The van der Waals surface area contributed by atoms with Gasteiger partial charge in [-0.15, -0.1) is 0 Å². The molecule has 5 aromatic rings. The van der Waals surface area contributed by atoms with Crippen LogP contribution < -0.4 is 5.32 Å². The largest absolute Gasteiger partial charge is 0.481 e. The van der Waals surface area contributed by atoms with Gasteiger partial charge in [0.1, 0.15) is 0 Å². The van der Waals surface area contributed by atoms with Gasteiger partial charge in [-0.1, -0.05) is 116 Å². The zero-order valence-electron chi connectivity index (χ0n) is 30.6. The monoisotopic (exact) mass is 714 g/mol. The first-order chi connectivity index (χ1) is 25.8. The molecule has 8 heteroatoms. The summed E-state index contributed by atoms with van der Waals surface area (Å²) in [6, 6.07) is 39.6. The summed E-state index contributed by atoms with van der Waals surface area (Å²) in [7, 11) is 2.15. The number of carbonyl (C=O) groups is 2. The van der Waals surface area contributed by atoms with Crippen LogP contribution in [0.25, 0.3) is 21.9 Å². The number of aliphatic carboxylic acids is 1. The molecule has 8 nitrogen and oxygen atoms in total. The number of carbonyl (C=O) groups excluding carboxylic acids is 1. The first-order valence-corrected chi connectivity index (χ1v) is 18.6. The van der Waals surface area contributed by atoms with Crippen molar-refractivity contribution in [1.82, 2.24) is 10.2 Å².